The second-order valence-corrected chi connectivity index (χ2v) is 6.24. The number of anilines is 1. The molecule has 0 saturated carbocycles. The van der Waals surface area contributed by atoms with Crippen molar-refractivity contribution < 1.29 is 4.79 Å². The van der Waals surface area contributed by atoms with Gasteiger partial charge in [-0.1, -0.05) is 25.4 Å². The first-order valence-electron chi connectivity index (χ1n) is 7.92. The summed E-state index contributed by atoms with van der Waals surface area (Å²) >= 11 is 5.87. The minimum absolute atomic E-state index is 0. The maximum atomic E-state index is 12.8. The van der Waals surface area contributed by atoms with Crippen LogP contribution in [-0.4, -0.2) is 48.5 Å². The number of hydrogen-bond acceptors (Lipinski definition) is 4. The highest BCUT2D eigenvalue weighted by Gasteiger charge is 2.37. The van der Waals surface area contributed by atoms with Gasteiger partial charge in [-0.3, -0.25) is 4.79 Å². The first-order chi connectivity index (χ1) is 10.6. The molecule has 2 heterocycles. The molecule has 1 aromatic rings. The van der Waals surface area contributed by atoms with Gasteiger partial charge in [0.2, 0.25) is 5.91 Å². The fourth-order valence-corrected chi connectivity index (χ4v) is 3.07. The molecule has 1 aliphatic heterocycles. The number of carbonyl (C=O) groups excluding carboxylic acids is 1. The van der Waals surface area contributed by atoms with Crippen molar-refractivity contribution in [3.05, 3.63) is 23.4 Å². The van der Waals surface area contributed by atoms with Crippen LogP contribution in [0.25, 0.3) is 0 Å². The SMILES string of the molecule is CCC(CC)(CN)C(=O)N1CCN(c2ccc(Cl)cn2)CC1.Cl.Cl. The summed E-state index contributed by atoms with van der Waals surface area (Å²) in [6.07, 6.45) is 3.23. The van der Waals surface area contributed by atoms with Gasteiger partial charge in [-0.25, -0.2) is 4.98 Å². The van der Waals surface area contributed by atoms with Gasteiger partial charge in [0.05, 0.1) is 10.4 Å². The van der Waals surface area contributed by atoms with Crippen molar-refractivity contribution in [1.29, 1.82) is 0 Å². The third-order valence-electron chi connectivity index (χ3n) is 4.80. The fourth-order valence-electron chi connectivity index (χ4n) is 2.96. The van der Waals surface area contributed by atoms with Crippen LogP contribution >= 0.6 is 36.4 Å². The number of nitrogens with zero attached hydrogens (tertiary/aromatic N) is 3. The Balaban J connectivity index is 0.00000264. The highest BCUT2D eigenvalue weighted by atomic mass is 35.5. The summed E-state index contributed by atoms with van der Waals surface area (Å²) < 4.78 is 0. The first-order valence-corrected chi connectivity index (χ1v) is 8.30. The summed E-state index contributed by atoms with van der Waals surface area (Å²) in [5.41, 5.74) is 5.49. The number of carbonyl (C=O) groups is 1. The summed E-state index contributed by atoms with van der Waals surface area (Å²) in [5.74, 6) is 1.11. The van der Waals surface area contributed by atoms with Crippen LogP contribution in [0.1, 0.15) is 26.7 Å². The van der Waals surface area contributed by atoms with E-state index in [0.717, 1.165) is 31.7 Å². The van der Waals surface area contributed by atoms with Gasteiger partial charge in [0.25, 0.3) is 0 Å². The summed E-state index contributed by atoms with van der Waals surface area (Å²) in [5, 5.41) is 0.635. The molecular formula is C16H27Cl3N4O. The lowest BCUT2D eigenvalue weighted by Gasteiger charge is -2.40. The lowest BCUT2D eigenvalue weighted by Crippen LogP contribution is -2.55. The molecule has 0 unspecified atom stereocenters. The molecular weight excluding hydrogens is 371 g/mol. The predicted molar refractivity (Wildman–Crippen MR) is 105 cm³/mol. The summed E-state index contributed by atoms with van der Waals surface area (Å²) in [4.78, 5) is 21.3. The van der Waals surface area contributed by atoms with Gasteiger partial charge < -0.3 is 15.5 Å². The molecule has 0 aromatic carbocycles. The van der Waals surface area contributed by atoms with Gasteiger partial charge in [0.1, 0.15) is 5.82 Å². The average Bonchev–Trinajstić information content (AvgIpc) is 2.58. The van der Waals surface area contributed by atoms with Crippen LogP contribution in [0.4, 0.5) is 5.82 Å². The molecule has 0 bridgehead atoms. The van der Waals surface area contributed by atoms with Crippen LogP contribution in [0.3, 0.4) is 0 Å². The molecule has 0 spiro atoms. The Kier molecular flexibility index (Phi) is 9.97. The number of rotatable bonds is 5. The van der Waals surface area contributed by atoms with Gasteiger partial charge in [-0.15, -0.1) is 24.8 Å². The Morgan fingerprint density at radius 2 is 1.79 bits per heavy atom. The van der Waals surface area contributed by atoms with Gasteiger partial charge in [0, 0.05) is 38.9 Å². The Hall–Kier alpha value is -0.750. The van der Waals surface area contributed by atoms with E-state index < -0.39 is 5.41 Å². The third kappa shape index (κ3) is 4.88. The van der Waals surface area contributed by atoms with Crippen LogP contribution in [-0.2, 0) is 4.79 Å². The predicted octanol–water partition coefficient (Wildman–Crippen LogP) is 2.99. The van der Waals surface area contributed by atoms with E-state index in [1.54, 1.807) is 6.20 Å². The minimum atomic E-state index is -0.402. The first kappa shape index (κ1) is 23.2. The van der Waals surface area contributed by atoms with E-state index in [1.807, 2.05) is 30.9 Å². The van der Waals surface area contributed by atoms with Crippen molar-refractivity contribution >= 4 is 48.1 Å². The summed E-state index contributed by atoms with van der Waals surface area (Å²) in [7, 11) is 0. The Labute approximate surface area is 161 Å². The van der Waals surface area contributed by atoms with Gasteiger partial charge in [-0.05, 0) is 25.0 Å². The summed E-state index contributed by atoms with van der Waals surface area (Å²) in [6, 6.07) is 3.76. The van der Waals surface area contributed by atoms with Crippen molar-refractivity contribution in [2.45, 2.75) is 26.7 Å². The molecule has 1 fully saturated rings. The van der Waals surface area contributed by atoms with E-state index in [1.165, 1.54) is 0 Å². The standard InChI is InChI=1S/C16H25ClN4O.2ClH/c1-3-16(4-2,12-18)15(22)21-9-7-20(8-10-21)14-6-5-13(17)11-19-14;;/h5-6,11H,3-4,7-10,12,18H2,1-2H3;2*1H. The molecule has 0 atom stereocenters. The zero-order valence-corrected chi connectivity index (χ0v) is 16.6. The Bertz CT molecular complexity index is 492. The Morgan fingerprint density at radius 1 is 1.21 bits per heavy atom. The van der Waals surface area contributed by atoms with Crippen molar-refractivity contribution in [2.24, 2.45) is 11.1 Å². The molecule has 0 radical (unpaired) electrons. The number of piperazine rings is 1. The largest absolute Gasteiger partial charge is 0.353 e. The van der Waals surface area contributed by atoms with Crippen molar-refractivity contribution in [1.82, 2.24) is 9.88 Å². The molecule has 1 amide bonds. The van der Waals surface area contributed by atoms with Gasteiger partial charge >= 0.3 is 0 Å². The second kappa shape index (κ2) is 10.3. The fraction of sp³-hybridized carbons (Fsp3) is 0.625. The zero-order valence-electron chi connectivity index (χ0n) is 14.2. The molecule has 24 heavy (non-hydrogen) atoms. The third-order valence-corrected chi connectivity index (χ3v) is 5.02. The smallest absolute Gasteiger partial charge is 0.230 e. The minimum Gasteiger partial charge on any atom is -0.353 e. The molecule has 1 aliphatic rings. The number of pyridine rings is 1. The van der Waals surface area contributed by atoms with E-state index >= 15 is 0 Å². The molecule has 5 nitrogen and oxygen atoms in total. The number of amides is 1. The molecule has 138 valence electrons. The second-order valence-electron chi connectivity index (χ2n) is 5.81. The number of nitrogens with two attached hydrogens (primary N) is 1. The van der Waals surface area contributed by atoms with E-state index in [0.29, 0.717) is 24.7 Å². The quantitative estimate of drug-likeness (QED) is 0.829. The normalized spacial score (nSPS) is 14.7. The van der Waals surface area contributed by atoms with E-state index in [4.69, 9.17) is 17.3 Å². The molecule has 8 heteroatoms. The van der Waals surface area contributed by atoms with E-state index in [9.17, 15) is 4.79 Å². The van der Waals surface area contributed by atoms with Crippen molar-refractivity contribution in [2.75, 3.05) is 37.6 Å². The van der Waals surface area contributed by atoms with Crippen LogP contribution in [0.5, 0.6) is 0 Å². The highest BCUT2D eigenvalue weighted by Crippen LogP contribution is 2.28. The topological polar surface area (TPSA) is 62.5 Å². The maximum absolute atomic E-state index is 12.8. The lowest BCUT2D eigenvalue weighted by molar-refractivity contribution is -0.142. The maximum Gasteiger partial charge on any atom is 0.230 e. The molecule has 2 rings (SSSR count). The molecule has 1 saturated heterocycles. The lowest BCUT2D eigenvalue weighted by atomic mass is 9.81. The number of aromatic nitrogens is 1. The number of hydrogen-bond donors (Lipinski definition) is 1. The van der Waals surface area contributed by atoms with Crippen LogP contribution < -0.4 is 10.6 Å². The van der Waals surface area contributed by atoms with Gasteiger partial charge in [0.15, 0.2) is 0 Å². The Morgan fingerprint density at radius 3 is 2.21 bits per heavy atom. The molecule has 2 N–H and O–H groups in total. The van der Waals surface area contributed by atoms with E-state index in [-0.39, 0.29) is 30.7 Å². The highest BCUT2D eigenvalue weighted by molar-refractivity contribution is 6.30. The van der Waals surface area contributed by atoms with Crippen LogP contribution in [0, 0.1) is 5.41 Å². The van der Waals surface area contributed by atoms with Crippen molar-refractivity contribution in [3.8, 4) is 0 Å². The average molecular weight is 398 g/mol. The van der Waals surface area contributed by atoms with E-state index in [2.05, 4.69) is 9.88 Å². The number of halogens is 3. The molecule has 1 aromatic heterocycles. The zero-order chi connectivity index (χ0) is 16.2. The van der Waals surface area contributed by atoms with Crippen LogP contribution in [0.15, 0.2) is 18.3 Å². The molecule has 0 aliphatic carbocycles. The van der Waals surface area contributed by atoms with Gasteiger partial charge in [-0.2, -0.15) is 0 Å². The summed E-state index contributed by atoms with van der Waals surface area (Å²) in [6.45, 7) is 7.50. The van der Waals surface area contributed by atoms with Crippen molar-refractivity contribution in [3.63, 3.8) is 0 Å². The monoisotopic (exact) mass is 396 g/mol. The van der Waals surface area contributed by atoms with Crippen LogP contribution in [0.2, 0.25) is 5.02 Å².